The van der Waals surface area contributed by atoms with E-state index in [-0.39, 0.29) is 11.5 Å². The second-order valence-corrected chi connectivity index (χ2v) is 13.8. The number of benzene rings is 5. The van der Waals surface area contributed by atoms with Gasteiger partial charge in [-0.05, 0) is 123 Å². The molecule has 5 heteroatoms. The van der Waals surface area contributed by atoms with E-state index < -0.39 is 0 Å². The molecule has 1 saturated carbocycles. The number of phenolic OH excluding ortho intramolecular Hbond substituents is 5. The predicted molar refractivity (Wildman–Crippen MR) is 196 cm³/mol. The van der Waals surface area contributed by atoms with Crippen LogP contribution in [0.4, 0.5) is 0 Å². The molecule has 5 aromatic rings. The van der Waals surface area contributed by atoms with E-state index in [0.717, 1.165) is 74.0 Å². The molecule has 0 atom stereocenters. The van der Waals surface area contributed by atoms with Gasteiger partial charge in [-0.3, -0.25) is 0 Å². The van der Waals surface area contributed by atoms with Gasteiger partial charge in [-0.15, -0.1) is 0 Å². The van der Waals surface area contributed by atoms with Gasteiger partial charge in [0, 0.05) is 19.3 Å². The summed E-state index contributed by atoms with van der Waals surface area (Å²) in [6.45, 7) is 4.10. The van der Waals surface area contributed by atoms with E-state index in [1.807, 2.05) is 31.2 Å². The Bertz CT molecular complexity index is 1900. The molecule has 0 heterocycles. The van der Waals surface area contributed by atoms with E-state index >= 15 is 0 Å². The van der Waals surface area contributed by atoms with Crippen molar-refractivity contribution in [2.24, 2.45) is 0 Å². The Kier molecular flexibility index (Phi) is 10.5. The van der Waals surface area contributed by atoms with Gasteiger partial charge in [-0.25, -0.2) is 0 Å². The van der Waals surface area contributed by atoms with Crippen LogP contribution >= 0.6 is 0 Å². The van der Waals surface area contributed by atoms with Gasteiger partial charge in [0.1, 0.15) is 28.7 Å². The highest BCUT2D eigenvalue weighted by molar-refractivity contribution is 5.53. The summed E-state index contributed by atoms with van der Waals surface area (Å²) in [4.78, 5) is 0. The summed E-state index contributed by atoms with van der Waals surface area (Å²) in [5, 5.41) is 53.6. The van der Waals surface area contributed by atoms with E-state index in [0.29, 0.717) is 61.7 Å². The fourth-order valence-electron chi connectivity index (χ4n) is 7.55. The number of rotatable bonds is 11. The fraction of sp³-hybridized carbons (Fsp3) is 0.318. The average Bonchev–Trinajstić information content (AvgIpc) is 3.11. The highest BCUT2D eigenvalue weighted by Gasteiger charge is 2.22. The van der Waals surface area contributed by atoms with Crippen LogP contribution in [0.1, 0.15) is 113 Å². The summed E-state index contributed by atoms with van der Waals surface area (Å²) in [7, 11) is 0. The molecule has 0 aliphatic heterocycles. The van der Waals surface area contributed by atoms with Gasteiger partial charge in [-0.1, -0.05) is 93.8 Å². The summed E-state index contributed by atoms with van der Waals surface area (Å²) in [5.74, 6) is 1.78. The molecule has 1 aliphatic carbocycles. The molecule has 254 valence electrons. The van der Waals surface area contributed by atoms with E-state index in [1.165, 1.54) is 19.3 Å². The highest BCUT2D eigenvalue weighted by atomic mass is 16.3. The average molecular weight is 657 g/mol. The molecular weight excluding hydrogens is 608 g/mol. The molecule has 0 bridgehead atoms. The minimum atomic E-state index is 0.215. The Labute approximate surface area is 290 Å². The lowest BCUT2D eigenvalue weighted by Gasteiger charge is -2.25. The Morgan fingerprint density at radius 1 is 0.429 bits per heavy atom. The van der Waals surface area contributed by atoms with Crippen molar-refractivity contribution in [3.05, 3.63) is 146 Å². The van der Waals surface area contributed by atoms with Gasteiger partial charge in [0.2, 0.25) is 0 Å². The number of phenols is 5. The van der Waals surface area contributed by atoms with Crippen LogP contribution in [0.2, 0.25) is 0 Å². The third-order valence-corrected chi connectivity index (χ3v) is 10.2. The molecule has 6 rings (SSSR count). The zero-order valence-electron chi connectivity index (χ0n) is 28.7. The van der Waals surface area contributed by atoms with Crippen LogP contribution in [0.3, 0.4) is 0 Å². The lowest BCUT2D eigenvalue weighted by Crippen LogP contribution is -2.07. The molecule has 5 aromatic carbocycles. The van der Waals surface area contributed by atoms with Gasteiger partial charge >= 0.3 is 0 Å². The molecule has 0 aromatic heterocycles. The number of hydrogen-bond acceptors (Lipinski definition) is 5. The van der Waals surface area contributed by atoms with Gasteiger partial charge < -0.3 is 25.5 Å². The second kappa shape index (κ2) is 15.1. The first-order chi connectivity index (χ1) is 23.7. The maximum absolute atomic E-state index is 11.8. The molecule has 0 unspecified atom stereocenters. The smallest absolute Gasteiger partial charge is 0.122 e. The number of aryl methyl sites for hydroxylation is 2. The Hall–Kier alpha value is -4.90. The topological polar surface area (TPSA) is 101 Å². The van der Waals surface area contributed by atoms with Crippen molar-refractivity contribution >= 4 is 0 Å². The van der Waals surface area contributed by atoms with E-state index in [9.17, 15) is 25.5 Å². The maximum atomic E-state index is 11.8. The van der Waals surface area contributed by atoms with Crippen molar-refractivity contribution in [3.63, 3.8) is 0 Å². The Morgan fingerprint density at radius 3 is 1.29 bits per heavy atom. The van der Waals surface area contributed by atoms with Crippen LogP contribution in [-0.2, 0) is 38.5 Å². The molecule has 0 radical (unpaired) electrons. The third kappa shape index (κ3) is 8.05. The summed E-state index contributed by atoms with van der Waals surface area (Å²) >= 11 is 0. The predicted octanol–water partition coefficient (Wildman–Crippen LogP) is 9.75. The van der Waals surface area contributed by atoms with Crippen LogP contribution in [0.15, 0.2) is 84.9 Å². The summed E-state index contributed by atoms with van der Waals surface area (Å²) in [6, 6.07) is 26.9. The first kappa shape index (κ1) is 34.0. The van der Waals surface area contributed by atoms with Gasteiger partial charge in [0.15, 0.2) is 0 Å². The quantitative estimate of drug-likeness (QED) is 0.0975. The molecule has 1 fully saturated rings. The summed E-state index contributed by atoms with van der Waals surface area (Å²) in [5.41, 5.74) is 10.7. The maximum Gasteiger partial charge on any atom is 0.122 e. The largest absolute Gasteiger partial charge is 0.508 e. The molecule has 0 saturated heterocycles. The standard InChI is InChI=1S/C44H48O5/c1-3-33-21-30(23-36(42(33)47)19-28-10-14-39(45)15-11-28)18-31-24-38(44(49)41(27-31)35-8-6-5-7-9-35)26-32-22-34(4-2)43(48)37(25-32)20-29-12-16-40(46)17-13-29/h10-17,21-25,27,35,45-49H,3-9,18-20,26H2,1-2H3. The van der Waals surface area contributed by atoms with Crippen LogP contribution in [0.5, 0.6) is 28.7 Å². The SMILES string of the molecule is CCc1cc(Cc2cc(Cc3cc(CC)c(O)c(Cc4ccc(O)cc4)c3)c(O)c(C3CCCCC3)c2)cc(Cc2ccc(O)cc2)c1O. The first-order valence-corrected chi connectivity index (χ1v) is 17.8. The Balaban J connectivity index is 1.37. The second-order valence-electron chi connectivity index (χ2n) is 13.8. The molecule has 0 amide bonds. The molecule has 0 spiro atoms. The van der Waals surface area contributed by atoms with Gasteiger partial charge in [0.25, 0.3) is 0 Å². The van der Waals surface area contributed by atoms with E-state index in [4.69, 9.17) is 0 Å². The molecule has 1 aliphatic rings. The number of aromatic hydroxyl groups is 5. The normalized spacial score (nSPS) is 13.5. The zero-order chi connectivity index (χ0) is 34.5. The molecular formula is C44H48O5. The van der Waals surface area contributed by atoms with Crippen molar-refractivity contribution in [1.29, 1.82) is 0 Å². The van der Waals surface area contributed by atoms with Crippen molar-refractivity contribution in [2.75, 3.05) is 0 Å². The fourth-order valence-corrected chi connectivity index (χ4v) is 7.55. The summed E-state index contributed by atoms with van der Waals surface area (Å²) < 4.78 is 0. The molecule has 49 heavy (non-hydrogen) atoms. The van der Waals surface area contributed by atoms with Gasteiger partial charge in [0.05, 0.1) is 0 Å². The van der Waals surface area contributed by atoms with Crippen molar-refractivity contribution < 1.29 is 25.5 Å². The number of hydrogen-bond donors (Lipinski definition) is 5. The summed E-state index contributed by atoms with van der Waals surface area (Å²) in [6.07, 6.45) is 9.43. The van der Waals surface area contributed by atoms with Crippen molar-refractivity contribution in [1.82, 2.24) is 0 Å². The zero-order valence-corrected chi connectivity index (χ0v) is 28.7. The van der Waals surface area contributed by atoms with Crippen molar-refractivity contribution in [2.45, 2.75) is 90.4 Å². The lowest BCUT2D eigenvalue weighted by atomic mass is 9.81. The van der Waals surface area contributed by atoms with Gasteiger partial charge in [-0.2, -0.15) is 0 Å². The van der Waals surface area contributed by atoms with Crippen LogP contribution in [-0.4, -0.2) is 25.5 Å². The van der Waals surface area contributed by atoms with Crippen LogP contribution in [0.25, 0.3) is 0 Å². The highest BCUT2D eigenvalue weighted by Crippen LogP contribution is 2.41. The lowest BCUT2D eigenvalue weighted by molar-refractivity contribution is 0.411. The monoisotopic (exact) mass is 656 g/mol. The van der Waals surface area contributed by atoms with Crippen LogP contribution in [0, 0.1) is 0 Å². The minimum absolute atomic E-state index is 0.215. The third-order valence-electron chi connectivity index (χ3n) is 10.2. The minimum Gasteiger partial charge on any atom is -0.508 e. The van der Waals surface area contributed by atoms with E-state index in [1.54, 1.807) is 24.3 Å². The van der Waals surface area contributed by atoms with Crippen LogP contribution < -0.4 is 0 Å². The van der Waals surface area contributed by atoms with E-state index in [2.05, 4.69) is 43.3 Å². The Morgan fingerprint density at radius 2 is 0.816 bits per heavy atom. The first-order valence-electron chi connectivity index (χ1n) is 17.8. The van der Waals surface area contributed by atoms with Crippen molar-refractivity contribution in [3.8, 4) is 28.7 Å². The molecule has 5 N–H and O–H groups in total. The molecule has 5 nitrogen and oxygen atoms in total.